The summed E-state index contributed by atoms with van der Waals surface area (Å²) >= 11 is 1.38. The molecule has 0 bridgehead atoms. The topological polar surface area (TPSA) is 75.3 Å². The molecule has 0 saturated heterocycles. The highest BCUT2D eigenvalue weighted by Crippen LogP contribution is 2.23. The Hall–Kier alpha value is -2.68. The van der Waals surface area contributed by atoms with Gasteiger partial charge in [0.25, 0.3) is 5.91 Å². The smallest absolute Gasteiger partial charge is 0.255 e. The molecule has 0 aliphatic carbocycles. The molecule has 3 rings (SSSR count). The Labute approximate surface area is 179 Å². The summed E-state index contributed by atoms with van der Waals surface area (Å²) in [5, 5.41) is 2.25. The average molecular weight is 445 g/mol. The van der Waals surface area contributed by atoms with E-state index in [9.17, 15) is 17.6 Å². The largest absolute Gasteiger partial charge is 0.322 e. The number of anilines is 1. The van der Waals surface area contributed by atoms with Crippen molar-refractivity contribution >= 4 is 33.4 Å². The molecule has 0 spiro atoms. The first kappa shape index (κ1) is 22.0. The SMILES string of the molecule is Cc1cc(NC(=O)c2cccc(S(=O)(=O)N[C@@H](C)Sc3ccccc3)c2)ccc1F. The van der Waals surface area contributed by atoms with E-state index < -0.39 is 21.3 Å². The van der Waals surface area contributed by atoms with E-state index in [2.05, 4.69) is 10.0 Å². The lowest BCUT2D eigenvalue weighted by Crippen LogP contribution is -2.30. The van der Waals surface area contributed by atoms with Crippen LogP contribution in [0.4, 0.5) is 10.1 Å². The van der Waals surface area contributed by atoms with Crippen molar-refractivity contribution in [3.05, 3.63) is 89.7 Å². The van der Waals surface area contributed by atoms with E-state index in [0.29, 0.717) is 11.3 Å². The van der Waals surface area contributed by atoms with Crippen LogP contribution in [-0.2, 0) is 10.0 Å². The second kappa shape index (κ2) is 9.42. The molecule has 30 heavy (non-hydrogen) atoms. The van der Waals surface area contributed by atoms with Crippen molar-refractivity contribution in [3.63, 3.8) is 0 Å². The molecule has 2 N–H and O–H groups in total. The Morgan fingerprint density at radius 3 is 2.43 bits per heavy atom. The molecule has 156 valence electrons. The van der Waals surface area contributed by atoms with E-state index in [1.165, 1.54) is 54.2 Å². The van der Waals surface area contributed by atoms with Crippen LogP contribution in [-0.4, -0.2) is 19.7 Å². The first-order chi connectivity index (χ1) is 14.2. The van der Waals surface area contributed by atoms with Crippen LogP contribution in [0.5, 0.6) is 0 Å². The minimum absolute atomic E-state index is 0.00838. The van der Waals surface area contributed by atoms with Gasteiger partial charge in [-0.2, -0.15) is 4.72 Å². The predicted octanol–water partition coefficient (Wildman–Crippen LogP) is 4.80. The third-order valence-corrected chi connectivity index (χ3v) is 6.90. The van der Waals surface area contributed by atoms with E-state index >= 15 is 0 Å². The van der Waals surface area contributed by atoms with Gasteiger partial charge in [-0.1, -0.05) is 24.3 Å². The van der Waals surface area contributed by atoms with E-state index in [-0.39, 0.29) is 16.3 Å². The maximum atomic E-state index is 13.4. The van der Waals surface area contributed by atoms with Gasteiger partial charge in [0, 0.05) is 16.1 Å². The molecule has 0 radical (unpaired) electrons. The quantitative estimate of drug-likeness (QED) is 0.405. The number of aryl methyl sites for hydroxylation is 1. The Bertz CT molecular complexity index is 1150. The lowest BCUT2D eigenvalue weighted by Gasteiger charge is -2.14. The van der Waals surface area contributed by atoms with Crippen LogP contribution in [0.15, 0.2) is 82.6 Å². The second-order valence-electron chi connectivity index (χ2n) is 6.64. The van der Waals surface area contributed by atoms with E-state index in [0.717, 1.165) is 4.90 Å². The highest BCUT2D eigenvalue weighted by Gasteiger charge is 2.19. The molecule has 3 aromatic carbocycles. The molecule has 0 fully saturated rings. The predicted molar refractivity (Wildman–Crippen MR) is 118 cm³/mol. The van der Waals surface area contributed by atoms with Crippen LogP contribution >= 0.6 is 11.8 Å². The van der Waals surface area contributed by atoms with Gasteiger partial charge in [-0.3, -0.25) is 4.79 Å². The lowest BCUT2D eigenvalue weighted by atomic mass is 10.2. The zero-order valence-corrected chi connectivity index (χ0v) is 18.1. The van der Waals surface area contributed by atoms with Gasteiger partial charge in [-0.25, -0.2) is 12.8 Å². The number of thioether (sulfide) groups is 1. The molecule has 8 heteroatoms. The van der Waals surface area contributed by atoms with Crippen LogP contribution in [0.25, 0.3) is 0 Å². The van der Waals surface area contributed by atoms with E-state index in [1.807, 2.05) is 30.3 Å². The van der Waals surface area contributed by atoms with Crippen molar-refractivity contribution in [2.75, 3.05) is 5.32 Å². The number of sulfonamides is 1. The van der Waals surface area contributed by atoms with Crippen LogP contribution < -0.4 is 10.0 Å². The molecular weight excluding hydrogens is 423 g/mol. The highest BCUT2D eigenvalue weighted by atomic mass is 32.2. The van der Waals surface area contributed by atoms with Crippen LogP contribution in [0.2, 0.25) is 0 Å². The molecule has 0 unspecified atom stereocenters. The molecule has 3 aromatic rings. The van der Waals surface area contributed by atoms with Gasteiger partial charge < -0.3 is 5.32 Å². The minimum Gasteiger partial charge on any atom is -0.322 e. The van der Waals surface area contributed by atoms with E-state index in [1.54, 1.807) is 13.8 Å². The zero-order valence-electron chi connectivity index (χ0n) is 16.4. The summed E-state index contributed by atoms with van der Waals surface area (Å²) in [5.41, 5.74) is 1.01. The number of carbonyl (C=O) groups is 1. The average Bonchev–Trinajstić information content (AvgIpc) is 2.71. The molecule has 1 amide bonds. The van der Waals surface area contributed by atoms with Gasteiger partial charge in [0.15, 0.2) is 0 Å². The lowest BCUT2D eigenvalue weighted by molar-refractivity contribution is 0.102. The Morgan fingerprint density at radius 2 is 1.73 bits per heavy atom. The molecular formula is C22H21FN2O3S2. The fourth-order valence-corrected chi connectivity index (χ4v) is 5.15. The number of hydrogen-bond acceptors (Lipinski definition) is 4. The fraction of sp³-hybridized carbons (Fsp3) is 0.136. The molecule has 5 nitrogen and oxygen atoms in total. The summed E-state index contributed by atoms with van der Waals surface area (Å²) in [6.45, 7) is 3.35. The third kappa shape index (κ3) is 5.69. The molecule has 0 heterocycles. The summed E-state index contributed by atoms with van der Waals surface area (Å²) in [5.74, 6) is -0.848. The molecule has 0 aliphatic heterocycles. The van der Waals surface area contributed by atoms with Crippen molar-refractivity contribution in [2.45, 2.75) is 29.0 Å². The van der Waals surface area contributed by atoms with Crippen molar-refractivity contribution in [1.29, 1.82) is 0 Å². The number of carbonyl (C=O) groups excluding carboxylic acids is 1. The van der Waals surface area contributed by atoms with E-state index in [4.69, 9.17) is 0 Å². The van der Waals surface area contributed by atoms with Crippen molar-refractivity contribution in [2.24, 2.45) is 0 Å². The van der Waals surface area contributed by atoms with Gasteiger partial charge >= 0.3 is 0 Å². The number of halogens is 1. The first-order valence-electron chi connectivity index (χ1n) is 9.16. The summed E-state index contributed by atoms with van der Waals surface area (Å²) in [6.07, 6.45) is 0. The fourth-order valence-electron chi connectivity index (χ4n) is 2.74. The number of hydrogen-bond donors (Lipinski definition) is 2. The Morgan fingerprint density at radius 1 is 1.00 bits per heavy atom. The minimum atomic E-state index is -3.82. The number of amides is 1. The monoisotopic (exact) mass is 444 g/mol. The summed E-state index contributed by atoms with van der Waals surface area (Å²) in [4.78, 5) is 13.5. The second-order valence-corrected chi connectivity index (χ2v) is 9.77. The summed E-state index contributed by atoms with van der Waals surface area (Å²) in [7, 11) is -3.82. The molecule has 0 aromatic heterocycles. The number of benzene rings is 3. The summed E-state index contributed by atoms with van der Waals surface area (Å²) < 4.78 is 41.5. The summed E-state index contributed by atoms with van der Waals surface area (Å²) in [6, 6.07) is 19.5. The normalized spacial score (nSPS) is 12.4. The van der Waals surface area contributed by atoms with Gasteiger partial charge in [-0.15, -0.1) is 11.8 Å². The maximum Gasteiger partial charge on any atom is 0.255 e. The standard InChI is InChI=1S/C22H21FN2O3S2/c1-15-13-18(11-12-21(15)23)24-22(26)17-7-6-10-20(14-17)30(27,28)25-16(2)29-19-8-4-3-5-9-19/h3-14,16,25H,1-2H3,(H,24,26)/t16-/m1/s1. The van der Waals surface area contributed by atoms with Gasteiger partial charge in [0.05, 0.1) is 10.3 Å². The van der Waals surface area contributed by atoms with Crippen LogP contribution in [0, 0.1) is 12.7 Å². The van der Waals surface area contributed by atoms with Gasteiger partial charge in [0.2, 0.25) is 10.0 Å². The number of rotatable bonds is 7. The molecule has 0 aliphatic rings. The third-order valence-electron chi connectivity index (χ3n) is 4.20. The molecule has 0 saturated carbocycles. The van der Waals surface area contributed by atoms with Gasteiger partial charge in [-0.05, 0) is 67.9 Å². The van der Waals surface area contributed by atoms with Crippen molar-refractivity contribution in [3.8, 4) is 0 Å². The van der Waals surface area contributed by atoms with Gasteiger partial charge in [0.1, 0.15) is 5.82 Å². The van der Waals surface area contributed by atoms with Crippen LogP contribution in [0.1, 0.15) is 22.8 Å². The Balaban J connectivity index is 1.72. The highest BCUT2D eigenvalue weighted by molar-refractivity contribution is 8.00. The zero-order chi connectivity index (χ0) is 21.7. The molecule has 1 atom stereocenters. The Kier molecular flexibility index (Phi) is 6.91. The van der Waals surface area contributed by atoms with Crippen molar-refractivity contribution < 1.29 is 17.6 Å². The maximum absolute atomic E-state index is 13.4. The van der Waals surface area contributed by atoms with Crippen LogP contribution in [0.3, 0.4) is 0 Å². The van der Waals surface area contributed by atoms with Crippen molar-refractivity contribution in [1.82, 2.24) is 4.72 Å². The first-order valence-corrected chi connectivity index (χ1v) is 11.5. The number of nitrogens with one attached hydrogen (secondary N) is 2.